The number of halogens is 2. The van der Waals surface area contributed by atoms with Gasteiger partial charge in [-0.2, -0.15) is 0 Å². The van der Waals surface area contributed by atoms with E-state index in [1.807, 2.05) is 72.8 Å². The fraction of sp³-hybridized carbons (Fsp3) is 0.111. The average Bonchev–Trinajstić information content (AvgIpc) is 2.50. The second-order valence-electron chi connectivity index (χ2n) is 4.44. The molecule has 0 bridgehead atoms. The zero-order valence-electron chi connectivity index (χ0n) is 11.7. The third-order valence-corrected chi connectivity index (χ3v) is 3.73. The van der Waals surface area contributed by atoms with Crippen LogP contribution in [-0.2, 0) is 4.74 Å². The Morgan fingerprint density at radius 1 is 0.905 bits per heavy atom. The predicted molar refractivity (Wildman–Crippen MR) is 90.8 cm³/mol. The summed E-state index contributed by atoms with van der Waals surface area (Å²) in [6.07, 6.45) is 7.60. The molecular weight excluding hydrogens is 303 g/mol. The molecule has 3 heteroatoms. The Bertz CT molecular complexity index is 647. The molecule has 0 aliphatic rings. The molecule has 0 N–H and O–H groups in total. The van der Waals surface area contributed by atoms with Crippen molar-refractivity contribution < 1.29 is 4.74 Å². The minimum atomic E-state index is -0.172. The number of ether oxygens (including phenoxy) is 1. The van der Waals surface area contributed by atoms with E-state index < -0.39 is 0 Å². The zero-order chi connectivity index (χ0) is 15.1. The van der Waals surface area contributed by atoms with Crippen LogP contribution in [-0.4, -0.2) is 7.11 Å². The molecule has 0 amide bonds. The third-order valence-electron chi connectivity index (χ3n) is 3.04. The minimum absolute atomic E-state index is 0.172. The first kappa shape index (κ1) is 15.8. The average molecular weight is 319 g/mol. The normalized spacial score (nSPS) is 13.1. The minimum Gasteiger partial charge on any atom is -0.373 e. The van der Waals surface area contributed by atoms with Crippen LogP contribution in [0.3, 0.4) is 0 Å². The highest BCUT2D eigenvalue weighted by Gasteiger charge is 2.09. The first-order valence-electron chi connectivity index (χ1n) is 6.59. The van der Waals surface area contributed by atoms with Gasteiger partial charge in [-0.1, -0.05) is 83.9 Å². The molecule has 0 spiro atoms. The summed E-state index contributed by atoms with van der Waals surface area (Å²) in [6, 6.07) is 15.4. The van der Waals surface area contributed by atoms with E-state index in [0.29, 0.717) is 5.02 Å². The van der Waals surface area contributed by atoms with E-state index in [-0.39, 0.29) is 6.10 Å². The van der Waals surface area contributed by atoms with Crippen LogP contribution in [0.5, 0.6) is 0 Å². The smallest absolute Gasteiger partial charge is 0.102 e. The van der Waals surface area contributed by atoms with Gasteiger partial charge < -0.3 is 4.74 Å². The van der Waals surface area contributed by atoms with Gasteiger partial charge in [0.05, 0.1) is 0 Å². The maximum Gasteiger partial charge on any atom is 0.102 e. The van der Waals surface area contributed by atoms with Gasteiger partial charge in [-0.05, 0) is 17.7 Å². The summed E-state index contributed by atoms with van der Waals surface area (Å²) in [5.74, 6) is 0. The zero-order valence-corrected chi connectivity index (χ0v) is 13.2. The van der Waals surface area contributed by atoms with Crippen molar-refractivity contribution in [3.63, 3.8) is 0 Å². The van der Waals surface area contributed by atoms with Gasteiger partial charge >= 0.3 is 0 Å². The standard InChI is InChI=1S/C18H16Cl2O/c1-21-18(15-10-4-6-12-17(15)20)13-7-3-9-14-8-2-5-11-16(14)19/h2-13,18H,1H3/b9-3+,13-7+. The van der Waals surface area contributed by atoms with Crippen LogP contribution < -0.4 is 0 Å². The van der Waals surface area contributed by atoms with Crippen LogP contribution in [0.4, 0.5) is 0 Å². The van der Waals surface area contributed by atoms with Crippen LogP contribution in [0.15, 0.2) is 66.8 Å². The second-order valence-corrected chi connectivity index (χ2v) is 5.26. The molecule has 108 valence electrons. The summed E-state index contributed by atoms with van der Waals surface area (Å²) in [4.78, 5) is 0. The van der Waals surface area contributed by atoms with Crippen molar-refractivity contribution in [2.24, 2.45) is 0 Å². The fourth-order valence-corrected chi connectivity index (χ4v) is 2.39. The Morgan fingerprint density at radius 2 is 1.57 bits per heavy atom. The summed E-state index contributed by atoms with van der Waals surface area (Å²) >= 11 is 12.3. The lowest BCUT2D eigenvalue weighted by atomic mass is 10.1. The highest BCUT2D eigenvalue weighted by atomic mass is 35.5. The first-order chi connectivity index (χ1) is 10.2. The van der Waals surface area contributed by atoms with Gasteiger partial charge in [0.2, 0.25) is 0 Å². The third kappa shape index (κ3) is 4.47. The van der Waals surface area contributed by atoms with E-state index in [4.69, 9.17) is 27.9 Å². The molecule has 1 atom stereocenters. The summed E-state index contributed by atoms with van der Waals surface area (Å²) in [5.41, 5.74) is 1.93. The molecular formula is C18H16Cl2O. The summed E-state index contributed by atoms with van der Waals surface area (Å²) < 4.78 is 5.46. The predicted octanol–water partition coefficient (Wildman–Crippen LogP) is 5.95. The Kier molecular flexibility index (Phi) is 6.06. The number of rotatable bonds is 5. The Morgan fingerprint density at radius 3 is 2.24 bits per heavy atom. The van der Waals surface area contributed by atoms with Crippen molar-refractivity contribution >= 4 is 29.3 Å². The molecule has 1 unspecified atom stereocenters. The molecule has 0 aliphatic carbocycles. The maximum absolute atomic E-state index is 6.18. The van der Waals surface area contributed by atoms with Gasteiger partial charge in [0.15, 0.2) is 0 Å². The van der Waals surface area contributed by atoms with E-state index in [2.05, 4.69) is 0 Å². The van der Waals surface area contributed by atoms with E-state index >= 15 is 0 Å². The van der Waals surface area contributed by atoms with Gasteiger partial charge in [-0.15, -0.1) is 0 Å². The van der Waals surface area contributed by atoms with Gasteiger partial charge in [0, 0.05) is 22.7 Å². The molecule has 2 aromatic rings. The molecule has 0 aromatic heterocycles. The quantitative estimate of drug-likeness (QED) is 0.619. The van der Waals surface area contributed by atoms with Crippen molar-refractivity contribution in [1.29, 1.82) is 0 Å². The molecule has 0 saturated heterocycles. The highest BCUT2D eigenvalue weighted by molar-refractivity contribution is 6.32. The van der Waals surface area contributed by atoms with Crippen LogP contribution in [0.1, 0.15) is 17.2 Å². The monoisotopic (exact) mass is 318 g/mol. The molecule has 0 heterocycles. The van der Waals surface area contributed by atoms with Crippen molar-refractivity contribution in [2.75, 3.05) is 7.11 Å². The van der Waals surface area contributed by atoms with Crippen molar-refractivity contribution in [2.45, 2.75) is 6.10 Å². The number of allylic oxidation sites excluding steroid dienone is 2. The fourth-order valence-electron chi connectivity index (χ4n) is 1.95. The number of hydrogen-bond donors (Lipinski definition) is 0. The molecule has 1 nitrogen and oxygen atoms in total. The van der Waals surface area contributed by atoms with Gasteiger partial charge in [0.1, 0.15) is 6.10 Å². The van der Waals surface area contributed by atoms with E-state index in [1.165, 1.54) is 0 Å². The van der Waals surface area contributed by atoms with Crippen LogP contribution >= 0.6 is 23.2 Å². The SMILES string of the molecule is COC(/C=C/C=C/c1ccccc1Cl)c1ccccc1Cl. The second kappa shape index (κ2) is 8.04. The van der Waals surface area contributed by atoms with Crippen molar-refractivity contribution in [3.05, 3.63) is 87.9 Å². The van der Waals surface area contributed by atoms with E-state index in [9.17, 15) is 0 Å². The summed E-state index contributed by atoms with van der Waals surface area (Å²) in [6.45, 7) is 0. The van der Waals surface area contributed by atoms with Crippen LogP contribution in [0, 0.1) is 0 Å². The molecule has 2 aromatic carbocycles. The lowest BCUT2D eigenvalue weighted by Crippen LogP contribution is -1.98. The summed E-state index contributed by atoms with van der Waals surface area (Å²) in [7, 11) is 1.66. The highest BCUT2D eigenvalue weighted by Crippen LogP contribution is 2.26. The van der Waals surface area contributed by atoms with E-state index in [0.717, 1.165) is 16.1 Å². The van der Waals surface area contributed by atoms with Gasteiger partial charge in [0.25, 0.3) is 0 Å². The Labute approximate surface area is 135 Å². The summed E-state index contributed by atoms with van der Waals surface area (Å²) in [5, 5.41) is 1.43. The molecule has 21 heavy (non-hydrogen) atoms. The molecule has 2 rings (SSSR count). The van der Waals surface area contributed by atoms with Gasteiger partial charge in [-0.3, -0.25) is 0 Å². The van der Waals surface area contributed by atoms with Crippen LogP contribution in [0.25, 0.3) is 6.08 Å². The molecule has 0 fully saturated rings. The Balaban J connectivity index is 2.09. The molecule has 0 radical (unpaired) electrons. The number of benzene rings is 2. The number of hydrogen-bond acceptors (Lipinski definition) is 1. The Hall–Kier alpha value is -1.54. The largest absolute Gasteiger partial charge is 0.373 e. The molecule has 0 aliphatic heterocycles. The van der Waals surface area contributed by atoms with Gasteiger partial charge in [-0.25, -0.2) is 0 Å². The van der Waals surface area contributed by atoms with E-state index in [1.54, 1.807) is 7.11 Å². The topological polar surface area (TPSA) is 9.23 Å². The molecule has 0 saturated carbocycles. The number of methoxy groups -OCH3 is 1. The lowest BCUT2D eigenvalue weighted by Gasteiger charge is -2.12. The van der Waals surface area contributed by atoms with Crippen molar-refractivity contribution in [1.82, 2.24) is 0 Å². The van der Waals surface area contributed by atoms with Crippen molar-refractivity contribution in [3.8, 4) is 0 Å². The first-order valence-corrected chi connectivity index (χ1v) is 7.34. The lowest BCUT2D eigenvalue weighted by molar-refractivity contribution is 0.143. The van der Waals surface area contributed by atoms with Crippen LogP contribution in [0.2, 0.25) is 10.0 Å². The maximum atomic E-state index is 6.18.